The summed E-state index contributed by atoms with van der Waals surface area (Å²) in [6.45, 7) is 3.14. The number of ether oxygens (including phenoxy) is 1. The van der Waals surface area contributed by atoms with Gasteiger partial charge in [-0.15, -0.1) is 0 Å². The van der Waals surface area contributed by atoms with E-state index in [2.05, 4.69) is 0 Å². The molecule has 0 saturated carbocycles. The van der Waals surface area contributed by atoms with Crippen LogP contribution in [0.3, 0.4) is 0 Å². The minimum atomic E-state index is -1.26. The van der Waals surface area contributed by atoms with Crippen LogP contribution in [0.5, 0.6) is 0 Å². The molecule has 0 aliphatic heterocycles. The van der Waals surface area contributed by atoms with Crippen molar-refractivity contribution in [2.24, 2.45) is 11.7 Å². The van der Waals surface area contributed by atoms with Crippen molar-refractivity contribution in [2.45, 2.75) is 19.8 Å². The molecule has 0 saturated heterocycles. The molecule has 124 valence electrons. The first-order chi connectivity index (χ1) is 11.4. The number of nitrogens with zero attached hydrogens (tertiary/aromatic N) is 3. The summed E-state index contributed by atoms with van der Waals surface area (Å²) in [7, 11) is 0. The Morgan fingerprint density at radius 2 is 2.04 bits per heavy atom. The number of benzene rings is 1. The first-order valence-electron chi connectivity index (χ1n) is 7.04. The number of hydrogen-bond donors (Lipinski definition) is 1. The molecule has 0 aliphatic rings. The number of hydrogen-bond acceptors (Lipinski definition) is 7. The molecule has 1 rings (SSSR count). The molecule has 24 heavy (non-hydrogen) atoms. The minimum absolute atomic E-state index is 0.0505. The van der Waals surface area contributed by atoms with Crippen LogP contribution in [0.25, 0.3) is 0 Å². The van der Waals surface area contributed by atoms with Crippen LogP contribution in [0, 0.1) is 38.7 Å². The molecule has 0 heterocycles. The molecule has 8 heteroatoms. The van der Waals surface area contributed by atoms with Crippen LogP contribution in [0.1, 0.15) is 25.3 Å². The Morgan fingerprint density at radius 1 is 1.42 bits per heavy atom. The molecule has 1 aromatic rings. The van der Waals surface area contributed by atoms with Gasteiger partial charge in [0.1, 0.15) is 5.92 Å². The van der Waals surface area contributed by atoms with Gasteiger partial charge in [-0.3, -0.25) is 10.1 Å². The van der Waals surface area contributed by atoms with Crippen LogP contribution < -0.4 is 5.73 Å². The van der Waals surface area contributed by atoms with Gasteiger partial charge in [0, 0.05) is 23.7 Å². The normalized spacial score (nSPS) is 12.5. The van der Waals surface area contributed by atoms with Crippen LogP contribution in [0.4, 0.5) is 5.69 Å². The maximum atomic E-state index is 12.2. The van der Waals surface area contributed by atoms with Gasteiger partial charge < -0.3 is 10.5 Å². The third-order valence-corrected chi connectivity index (χ3v) is 3.28. The SMILES string of the molecule is CCOC(=O)/C(=C(/C)N)C(c1cccc([N+](=O)[O-])c1)C(C#N)C#N. The quantitative estimate of drug-likeness (QED) is 0.364. The summed E-state index contributed by atoms with van der Waals surface area (Å²) in [5.74, 6) is -3.07. The molecular weight excluding hydrogens is 312 g/mol. The highest BCUT2D eigenvalue weighted by Gasteiger charge is 2.33. The molecular formula is C16H16N4O4. The summed E-state index contributed by atoms with van der Waals surface area (Å²) in [5.41, 5.74) is 5.86. The average molecular weight is 328 g/mol. The van der Waals surface area contributed by atoms with Gasteiger partial charge in [-0.25, -0.2) is 4.79 Å². The Bertz CT molecular complexity index is 740. The smallest absolute Gasteiger partial charge is 0.336 e. The lowest BCUT2D eigenvalue weighted by atomic mass is 9.80. The summed E-state index contributed by atoms with van der Waals surface area (Å²) >= 11 is 0. The standard InChI is InChI=1S/C16H16N4O4/c1-3-24-16(21)14(10(2)19)15(12(8-17)9-18)11-5-4-6-13(7-11)20(22)23/h4-7,12,15H,3,19H2,1-2H3/b14-10-. The molecule has 2 N–H and O–H groups in total. The molecule has 1 atom stereocenters. The summed E-state index contributed by atoms with van der Waals surface area (Å²) < 4.78 is 4.96. The molecule has 1 unspecified atom stereocenters. The van der Waals surface area contributed by atoms with Crippen LogP contribution in [0.15, 0.2) is 35.5 Å². The highest BCUT2D eigenvalue weighted by Crippen LogP contribution is 2.35. The van der Waals surface area contributed by atoms with E-state index in [9.17, 15) is 25.4 Å². The van der Waals surface area contributed by atoms with Gasteiger partial charge in [0.05, 0.1) is 29.2 Å². The van der Waals surface area contributed by atoms with Gasteiger partial charge >= 0.3 is 5.97 Å². The number of carbonyl (C=O) groups excluding carboxylic acids is 1. The summed E-state index contributed by atoms with van der Waals surface area (Å²) in [5, 5.41) is 29.5. The number of nitriles is 2. The van der Waals surface area contributed by atoms with E-state index in [4.69, 9.17) is 10.5 Å². The summed E-state index contributed by atoms with van der Waals surface area (Å²) in [4.78, 5) is 22.6. The molecule has 8 nitrogen and oxygen atoms in total. The maximum absolute atomic E-state index is 12.2. The summed E-state index contributed by atoms with van der Waals surface area (Å²) in [6.07, 6.45) is 0. The number of non-ortho nitro benzene ring substituents is 1. The fourth-order valence-electron chi connectivity index (χ4n) is 2.28. The molecule has 1 aromatic carbocycles. The van der Waals surface area contributed by atoms with Crippen LogP contribution in [-0.4, -0.2) is 17.5 Å². The van der Waals surface area contributed by atoms with Gasteiger partial charge in [0.25, 0.3) is 5.69 Å². The van der Waals surface area contributed by atoms with Gasteiger partial charge in [0.2, 0.25) is 0 Å². The van der Waals surface area contributed by atoms with E-state index < -0.39 is 22.7 Å². The Kier molecular flexibility index (Phi) is 6.45. The predicted octanol–water partition coefficient (Wildman–Crippen LogP) is 2.14. The Labute approximate surface area is 138 Å². The summed E-state index contributed by atoms with van der Waals surface area (Å²) in [6, 6.07) is 9.02. The van der Waals surface area contributed by atoms with Crippen LogP contribution in [0.2, 0.25) is 0 Å². The molecule has 0 spiro atoms. The van der Waals surface area contributed by atoms with E-state index in [-0.39, 0.29) is 29.1 Å². The largest absolute Gasteiger partial charge is 0.463 e. The number of allylic oxidation sites excluding steroid dienone is 1. The van der Waals surface area contributed by atoms with Gasteiger partial charge in [-0.2, -0.15) is 10.5 Å². The molecule has 0 amide bonds. The fourth-order valence-corrected chi connectivity index (χ4v) is 2.28. The molecule has 0 aliphatic carbocycles. The first kappa shape index (κ1) is 18.7. The second-order valence-electron chi connectivity index (χ2n) is 4.88. The predicted molar refractivity (Wildman–Crippen MR) is 84.1 cm³/mol. The van der Waals surface area contributed by atoms with Crippen LogP contribution >= 0.6 is 0 Å². The van der Waals surface area contributed by atoms with E-state index >= 15 is 0 Å². The molecule has 0 radical (unpaired) electrons. The number of nitro benzene ring substituents is 1. The number of carbonyl (C=O) groups is 1. The van der Waals surface area contributed by atoms with Crippen molar-refractivity contribution >= 4 is 11.7 Å². The Balaban J connectivity index is 3.58. The average Bonchev–Trinajstić information content (AvgIpc) is 2.54. The fraction of sp³-hybridized carbons (Fsp3) is 0.312. The molecule has 0 fully saturated rings. The van der Waals surface area contributed by atoms with Gasteiger partial charge in [-0.05, 0) is 19.4 Å². The molecule has 0 bridgehead atoms. The number of nitrogens with two attached hydrogens (primary N) is 1. The highest BCUT2D eigenvalue weighted by molar-refractivity contribution is 5.91. The zero-order valence-corrected chi connectivity index (χ0v) is 13.2. The third-order valence-electron chi connectivity index (χ3n) is 3.28. The van der Waals surface area contributed by atoms with Crippen molar-refractivity contribution in [3.8, 4) is 12.1 Å². The van der Waals surface area contributed by atoms with E-state index in [1.807, 2.05) is 0 Å². The lowest BCUT2D eigenvalue weighted by Crippen LogP contribution is -2.23. The van der Waals surface area contributed by atoms with Gasteiger partial charge in [0.15, 0.2) is 0 Å². The van der Waals surface area contributed by atoms with Gasteiger partial charge in [-0.1, -0.05) is 12.1 Å². The highest BCUT2D eigenvalue weighted by atomic mass is 16.6. The monoisotopic (exact) mass is 328 g/mol. The second kappa shape index (κ2) is 8.30. The van der Waals surface area contributed by atoms with Crippen molar-refractivity contribution in [3.63, 3.8) is 0 Å². The Morgan fingerprint density at radius 3 is 2.50 bits per heavy atom. The van der Waals surface area contributed by atoms with E-state index in [0.29, 0.717) is 0 Å². The maximum Gasteiger partial charge on any atom is 0.336 e. The third kappa shape index (κ3) is 4.08. The van der Waals surface area contributed by atoms with Crippen molar-refractivity contribution in [1.29, 1.82) is 10.5 Å². The number of esters is 1. The lowest BCUT2D eigenvalue weighted by Gasteiger charge is -2.21. The lowest BCUT2D eigenvalue weighted by molar-refractivity contribution is -0.384. The van der Waals surface area contributed by atoms with E-state index in [0.717, 1.165) is 0 Å². The topological polar surface area (TPSA) is 143 Å². The van der Waals surface area contributed by atoms with Crippen molar-refractivity contribution in [2.75, 3.05) is 6.61 Å². The van der Waals surface area contributed by atoms with Crippen molar-refractivity contribution in [1.82, 2.24) is 0 Å². The Hall–Kier alpha value is -3.39. The van der Waals surface area contributed by atoms with Crippen LogP contribution in [-0.2, 0) is 9.53 Å². The van der Waals surface area contributed by atoms with Crippen molar-refractivity contribution < 1.29 is 14.5 Å². The van der Waals surface area contributed by atoms with E-state index in [1.54, 1.807) is 19.1 Å². The number of nitro groups is 1. The zero-order valence-electron chi connectivity index (χ0n) is 13.2. The van der Waals surface area contributed by atoms with E-state index in [1.165, 1.54) is 31.2 Å². The zero-order chi connectivity index (χ0) is 18.3. The second-order valence-corrected chi connectivity index (χ2v) is 4.88. The number of rotatable bonds is 6. The van der Waals surface area contributed by atoms with Crippen molar-refractivity contribution in [3.05, 3.63) is 51.2 Å². The molecule has 0 aromatic heterocycles. The minimum Gasteiger partial charge on any atom is -0.463 e. The first-order valence-corrected chi connectivity index (χ1v) is 7.04.